The van der Waals surface area contributed by atoms with Crippen molar-refractivity contribution in [1.29, 1.82) is 0 Å². The molecule has 2 atom stereocenters. The van der Waals surface area contributed by atoms with Gasteiger partial charge in [-0.3, -0.25) is 4.90 Å². The molecule has 2 N–H and O–H groups in total. The number of benzene rings is 1. The van der Waals surface area contributed by atoms with Gasteiger partial charge in [0.15, 0.2) is 0 Å². The van der Waals surface area contributed by atoms with E-state index in [0.717, 1.165) is 50.0 Å². The molecule has 2 saturated heterocycles. The fraction of sp³-hybridized carbons (Fsp3) is 0.571. The van der Waals surface area contributed by atoms with E-state index in [-0.39, 0.29) is 12.1 Å². The van der Waals surface area contributed by atoms with Crippen LogP contribution in [0.5, 0.6) is 0 Å². The van der Waals surface area contributed by atoms with Crippen molar-refractivity contribution in [3.63, 3.8) is 0 Å². The second-order valence-electron chi connectivity index (χ2n) is 5.27. The number of para-hydroxylation sites is 1. The molecule has 3 rings (SSSR count). The van der Waals surface area contributed by atoms with Crippen molar-refractivity contribution in [1.82, 2.24) is 10.2 Å². The summed E-state index contributed by atoms with van der Waals surface area (Å²) in [5.74, 6) is 0. The Kier molecular flexibility index (Phi) is 3.93. The Labute approximate surface area is 119 Å². The summed E-state index contributed by atoms with van der Waals surface area (Å²) in [4.78, 5) is 4.71. The molecular formula is C14H20ClN3O. The van der Waals surface area contributed by atoms with E-state index < -0.39 is 0 Å². The number of aliphatic hydroxyl groups excluding tert-OH is 1. The quantitative estimate of drug-likeness (QED) is 0.841. The molecule has 0 aromatic heterocycles. The molecule has 1 aromatic rings. The van der Waals surface area contributed by atoms with Crippen molar-refractivity contribution in [2.24, 2.45) is 0 Å². The summed E-state index contributed by atoms with van der Waals surface area (Å²) < 4.78 is 0. The Morgan fingerprint density at radius 2 is 1.84 bits per heavy atom. The lowest BCUT2D eigenvalue weighted by atomic mass is 10.1. The fourth-order valence-electron chi connectivity index (χ4n) is 3.03. The largest absolute Gasteiger partial charge is 0.390 e. The second-order valence-corrected chi connectivity index (χ2v) is 5.67. The smallest absolute Gasteiger partial charge is 0.0831 e. The van der Waals surface area contributed by atoms with Crippen molar-refractivity contribution >= 4 is 17.3 Å². The van der Waals surface area contributed by atoms with Crippen LogP contribution in [-0.4, -0.2) is 61.4 Å². The number of rotatable bonds is 2. The van der Waals surface area contributed by atoms with E-state index in [1.54, 1.807) is 0 Å². The van der Waals surface area contributed by atoms with Gasteiger partial charge in [-0.05, 0) is 12.1 Å². The average molecular weight is 282 g/mol. The van der Waals surface area contributed by atoms with Crippen LogP contribution in [0.25, 0.3) is 0 Å². The minimum atomic E-state index is -0.230. The van der Waals surface area contributed by atoms with Gasteiger partial charge in [0.1, 0.15) is 0 Å². The first-order valence-corrected chi connectivity index (χ1v) is 7.26. The molecule has 0 saturated carbocycles. The van der Waals surface area contributed by atoms with Crippen LogP contribution in [0.4, 0.5) is 5.69 Å². The molecule has 1 unspecified atom stereocenters. The molecule has 2 heterocycles. The maximum atomic E-state index is 9.93. The number of anilines is 1. The number of hydrogen-bond acceptors (Lipinski definition) is 4. The molecule has 2 aliphatic heterocycles. The number of β-amino-alcohol motifs (C(OH)–C–C–N with tert-alkyl or cyclic N) is 1. The SMILES string of the molecule is O[C@@H]1CNCC1N1CCN(c2ccccc2Cl)CC1. The summed E-state index contributed by atoms with van der Waals surface area (Å²) in [6, 6.07) is 8.27. The van der Waals surface area contributed by atoms with Crippen LogP contribution in [-0.2, 0) is 0 Å². The number of halogens is 1. The Balaban J connectivity index is 1.62. The van der Waals surface area contributed by atoms with Crippen LogP contribution in [0.1, 0.15) is 0 Å². The van der Waals surface area contributed by atoms with Gasteiger partial charge in [-0.25, -0.2) is 0 Å². The molecule has 0 aliphatic carbocycles. The number of hydrogen-bond donors (Lipinski definition) is 2. The molecule has 19 heavy (non-hydrogen) atoms. The normalized spacial score (nSPS) is 28.8. The molecule has 0 amide bonds. The maximum Gasteiger partial charge on any atom is 0.0831 e. The summed E-state index contributed by atoms with van der Waals surface area (Å²) in [5.41, 5.74) is 1.12. The van der Waals surface area contributed by atoms with E-state index >= 15 is 0 Å². The van der Waals surface area contributed by atoms with Gasteiger partial charge in [-0.2, -0.15) is 0 Å². The van der Waals surface area contributed by atoms with Crippen molar-refractivity contribution in [3.8, 4) is 0 Å². The van der Waals surface area contributed by atoms with Gasteiger partial charge in [0.05, 0.1) is 16.8 Å². The van der Waals surface area contributed by atoms with Crippen LogP contribution >= 0.6 is 11.6 Å². The van der Waals surface area contributed by atoms with Crippen molar-refractivity contribution < 1.29 is 5.11 Å². The predicted molar refractivity (Wildman–Crippen MR) is 77.9 cm³/mol. The molecule has 2 aliphatic rings. The Morgan fingerprint density at radius 3 is 2.47 bits per heavy atom. The molecule has 4 nitrogen and oxygen atoms in total. The number of nitrogens with one attached hydrogen (secondary N) is 1. The van der Waals surface area contributed by atoms with Crippen molar-refractivity contribution in [2.75, 3.05) is 44.2 Å². The van der Waals surface area contributed by atoms with Crippen molar-refractivity contribution in [2.45, 2.75) is 12.1 Å². The zero-order chi connectivity index (χ0) is 13.2. The third kappa shape index (κ3) is 2.72. The topological polar surface area (TPSA) is 38.7 Å². The molecular weight excluding hydrogens is 262 g/mol. The summed E-state index contributed by atoms with van der Waals surface area (Å²) in [5, 5.41) is 14.0. The molecule has 0 spiro atoms. The van der Waals surface area contributed by atoms with Gasteiger partial charge in [-0.15, -0.1) is 0 Å². The van der Waals surface area contributed by atoms with E-state index in [0.29, 0.717) is 0 Å². The van der Waals surface area contributed by atoms with Gasteiger partial charge in [0.25, 0.3) is 0 Å². The summed E-state index contributed by atoms with van der Waals surface area (Å²) in [7, 11) is 0. The van der Waals surface area contributed by atoms with Gasteiger partial charge < -0.3 is 15.3 Å². The zero-order valence-electron chi connectivity index (χ0n) is 10.9. The lowest BCUT2D eigenvalue weighted by Crippen LogP contribution is -2.53. The highest BCUT2D eigenvalue weighted by molar-refractivity contribution is 6.33. The van der Waals surface area contributed by atoms with Crippen LogP contribution in [0, 0.1) is 0 Å². The first-order valence-electron chi connectivity index (χ1n) is 6.88. The van der Waals surface area contributed by atoms with E-state index in [2.05, 4.69) is 21.2 Å². The first-order chi connectivity index (χ1) is 9.25. The van der Waals surface area contributed by atoms with E-state index in [1.807, 2.05) is 18.2 Å². The van der Waals surface area contributed by atoms with Gasteiger partial charge in [-0.1, -0.05) is 23.7 Å². The third-order valence-corrected chi connectivity index (χ3v) is 4.45. The third-order valence-electron chi connectivity index (χ3n) is 4.13. The number of aliphatic hydroxyl groups is 1. The Morgan fingerprint density at radius 1 is 1.11 bits per heavy atom. The molecule has 104 valence electrons. The highest BCUT2D eigenvalue weighted by Crippen LogP contribution is 2.26. The lowest BCUT2D eigenvalue weighted by molar-refractivity contribution is 0.0792. The van der Waals surface area contributed by atoms with Crippen LogP contribution in [0.15, 0.2) is 24.3 Å². The molecule has 0 bridgehead atoms. The van der Waals surface area contributed by atoms with Gasteiger partial charge in [0.2, 0.25) is 0 Å². The summed E-state index contributed by atoms with van der Waals surface area (Å²) in [6.07, 6.45) is -0.230. The highest BCUT2D eigenvalue weighted by Gasteiger charge is 2.32. The minimum Gasteiger partial charge on any atom is -0.390 e. The fourth-order valence-corrected chi connectivity index (χ4v) is 3.28. The monoisotopic (exact) mass is 281 g/mol. The van der Waals surface area contributed by atoms with Gasteiger partial charge in [0, 0.05) is 45.3 Å². The van der Waals surface area contributed by atoms with E-state index in [4.69, 9.17) is 11.6 Å². The second kappa shape index (κ2) is 5.67. The number of piperazine rings is 1. The van der Waals surface area contributed by atoms with Gasteiger partial charge >= 0.3 is 0 Å². The average Bonchev–Trinajstić information content (AvgIpc) is 2.86. The van der Waals surface area contributed by atoms with Crippen LogP contribution in [0.3, 0.4) is 0 Å². The van der Waals surface area contributed by atoms with Crippen molar-refractivity contribution in [3.05, 3.63) is 29.3 Å². The van der Waals surface area contributed by atoms with Crippen LogP contribution in [0.2, 0.25) is 5.02 Å². The lowest BCUT2D eigenvalue weighted by Gasteiger charge is -2.40. The summed E-state index contributed by atoms with van der Waals surface area (Å²) >= 11 is 6.24. The first kappa shape index (κ1) is 13.2. The molecule has 1 aromatic carbocycles. The molecule has 0 radical (unpaired) electrons. The van der Waals surface area contributed by atoms with E-state index in [1.165, 1.54) is 0 Å². The zero-order valence-corrected chi connectivity index (χ0v) is 11.7. The Hall–Kier alpha value is -0.810. The summed E-state index contributed by atoms with van der Waals surface area (Å²) in [6.45, 7) is 5.51. The maximum absolute atomic E-state index is 9.93. The standard InChI is InChI=1S/C14H20ClN3O/c15-11-3-1-2-4-12(11)17-5-7-18(8-6-17)13-9-16-10-14(13)19/h1-4,13-14,16,19H,5-10H2/t13?,14-/m1/s1. The predicted octanol–water partition coefficient (Wildman–Crippen LogP) is 0.795. The Bertz CT molecular complexity index is 434. The molecule has 2 fully saturated rings. The minimum absolute atomic E-state index is 0.230. The van der Waals surface area contributed by atoms with E-state index in [9.17, 15) is 5.11 Å². The highest BCUT2D eigenvalue weighted by atomic mass is 35.5. The molecule has 5 heteroatoms. The number of nitrogens with zero attached hydrogens (tertiary/aromatic N) is 2. The van der Waals surface area contributed by atoms with Crippen LogP contribution < -0.4 is 10.2 Å².